The molecule has 15 heavy (non-hydrogen) atoms. The Balaban J connectivity index is 0. The third kappa shape index (κ3) is 8.28. The second-order valence-corrected chi connectivity index (χ2v) is 2.48. The molecule has 0 aliphatic heterocycles. The molecule has 1 rings (SSSR count). The average Bonchev–Trinajstić information content (AvgIpc) is 2.51. The van der Waals surface area contributed by atoms with Gasteiger partial charge < -0.3 is 0 Å². The fourth-order valence-corrected chi connectivity index (χ4v) is 0.997. The largest absolute Gasteiger partial charge is 0.412 e. The van der Waals surface area contributed by atoms with Crippen LogP contribution in [0.5, 0.6) is 0 Å². The molecule has 0 N–H and O–H groups in total. The fourth-order valence-electron chi connectivity index (χ4n) is 0.997. The first-order chi connectivity index (χ1) is 7.11. The summed E-state index contributed by atoms with van der Waals surface area (Å²) in [5.74, 6) is 0. The summed E-state index contributed by atoms with van der Waals surface area (Å²) >= 11 is 0. The van der Waals surface area contributed by atoms with Gasteiger partial charge in [-0.2, -0.15) is 13.2 Å². The molecular weight excluding hydrogens is 201 g/mol. The van der Waals surface area contributed by atoms with Crippen LogP contribution >= 0.6 is 0 Å². The first kappa shape index (κ1) is 16.7. The van der Waals surface area contributed by atoms with Crippen molar-refractivity contribution < 1.29 is 13.2 Å². The van der Waals surface area contributed by atoms with Crippen molar-refractivity contribution in [1.29, 1.82) is 0 Å². The fraction of sp³-hybridized carbons (Fsp3) is 0.667. The monoisotopic (exact) mass is 222 g/mol. The molecule has 1 aliphatic carbocycles. The van der Waals surface area contributed by atoms with Gasteiger partial charge in [-0.25, -0.2) is 0 Å². The third-order valence-corrected chi connectivity index (χ3v) is 1.59. The van der Waals surface area contributed by atoms with Gasteiger partial charge in [-0.15, -0.1) is 0 Å². The van der Waals surface area contributed by atoms with Gasteiger partial charge in [-0.05, 0) is 19.3 Å². The van der Waals surface area contributed by atoms with E-state index in [0.717, 1.165) is 6.42 Å². The van der Waals surface area contributed by atoms with Gasteiger partial charge in [0.25, 0.3) is 0 Å². The van der Waals surface area contributed by atoms with Crippen molar-refractivity contribution in [3.63, 3.8) is 0 Å². The number of hydrogen-bond donors (Lipinski definition) is 0. The first-order valence-electron chi connectivity index (χ1n) is 5.52. The Morgan fingerprint density at radius 2 is 1.47 bits per heavy atom. The second kappa shape index (κ2) is 9.81. The standard InChI is InChI=1S/C8H9F3.2C2H6/c9-8(10,11)7-5-3-1-2-4-6-7;2*1-2/h1,3,6H,2,4-5H2;2*1-2H3. The summed E-state index contributed by atoms with van der Waals surface area (Å²) in [6.45, 7) is 8.00. The SMILES string of the molecule is CC.CC.FC(F)(F)C1=CCCC=CC1. The van der Waals surface area contributed by atoms with Crippen LogP contribution in [0.15, 0.2) is 23.8 Å². The number of hydrogen-bond acceptors (Lipinski definition) is 0. The van der Waals surface area contributed by atoms with Gasteiger partial charge in [-0.1, -0.05) is 45.9 Å². The molecule has 0 radical (unpaired) electrons. The van der Waals surface area contributed by atoms with Crippen LogP contribution < -0.4 is 0 Å². The van der Waals surface area contributed by atoms with Crippen molar-refractivity contribution in [2.24, 2.45) is 0 Å². The topological polar surface area (TPSA) is 0 Å². The Labute approximate surface area is 90.9 Å². The van der Waals surface area contributed by atoms with Crippen molar-refractivity contribution >= 4 is 0 Å². The maximum Gasteiger partial charge on any atom is 0.412 e. The van der Waals surface area contributed by atoms with E-state index >= 15 is 0 Å². The van der Waals surface area contributed by atoms with Crippen LogP contribution in [-0.2, 0) is 0 Å². The molecule has 0 fully saturated rings. The van der Waals surface area contributed by atoms with E-state index in [4.69, 9.17) is 0 Å². The summed E-state index contributed by atoms with van der Waals surface area (Å²) in [6.07, 6.45) is 1.77. The van der Waals surface area contributed by atoms with Gasteiger partial charge in [0.2, 0.25) is 0 Å². The molecule has 0 amide bonds. The van der Waals surface area contributed by atoms with E-state index in [1.165, 1.54) is 6.08 Å². The van der Waals surface area contributed by atoms with Crippen molar-refractivity contribution in [1.82, 2.24) is 0 Å². The van der Waals surface area contributed by atoms with E-state index in [-0.39, 0.29) is 6.42 Å². The minimum atomic E-state index is -4.13. The van der Waals surface area contributed by atoms with Crippen molar-refractivity contribution in [2.45, 2.75) is 53.1 Å². The van der Waals surface area contributed by atoms with Crippen LogP contribution in [0.25, 0.3) is 0 Å². The highest BCUT2D eigenvalue weighted by Crippen LogP contribution is 2.30. The van der Waals surface area contributed by atoms with Crippen molar-refractivity contribution in [3.8, 4) is 0 Å². The first-order valence-corrected chi connectivity index (χ1v) is 5.52. The number of allylic oxidation sites excluding steroid dienone is 4. The van der Waals surface area contributed by atoms with E-state index in [1.54, 1.807) is 12.2 Å². The van der Waals surface area contributed by atoms with E-state index in [0.29, 0.717) is 6.42 Å². The van der Waals surface area contributed by atoms with E-state index in [9.17, 15) is 13.2 Å². The van der Waals surface area contributed by atoms with Crippen LogP contribution in [0.1, 0.15) is 47.0 Å². The van der Waals surface area contributed by atoms with Gasteiger partial charge in [0.1, 0.15) is 0 Å². The maximum atomic E-state index is 12.0. The van der Waals surface area contributed by atoms with Crippen LogP contribution in [0.4, 0.5) is 13.2 Å². The molecule has 0 unspecified atom stereocenters. The molecule has 0 bridgehead atoms. The average molecular weight is 222 g/mol. The molecular formula is C12H21F3. The van der Waals surface area contributed by atoms with Crippen molar-refractivity contribution in [3.05, 3.63) is 23.8 Å². The van der Waals surface area contributed by atoms with E-state index < -0.39 is 11.7 Å². The summed E-state index contributed by atoms with van der Waals surface area (Å²) in [5, 5.41) is 0. The Hall–Kier alpha value is -0.730. The lowest BCUT2D eigenvalue weighted by molar-refractivity contribution is -0.0931. The van der Waals surface area contributed by atoms with E-state index in [1.807, 2.05) is 27.7 Å². The van der Waals surface area contributed by atoms with Crippen LogP contribution in [0.2, 0.25) is 0 Å². The lowest BCUT2D eigenvalue weighted by atomic mass is 10.1. The molecule has 0 aromatic rings. The Bertz CT molecular complexity index is 188. The Morgan fingerprint density at radius 3 is 1.93 bits per heavy atom. The third-order valence-electron chi connectivity index (χ3n) is 1.59. The molecule has 3 heteroatoms. The van der Waals surface area contributed by atoms with Gasteiger partial charge >= 0.3 is 6.18 Å². The number of halogens is 3. The van der Waals surface area contributed by atoms with Gasteiger partial charge in [0.05, 0.1) is 0 Å². The highest BCUT2D eigenvalue weighted by Gasteiger charge is 2.32. The zero-order valence-corrected chi connectivity index (χ0v) is 9.99. The Morgan fingerprint density at radius 1 is 0.933 bits per heavy atom. The number of rotatable bonds is 0. The molecule has 0 spiro atoms. The molecule has 0 aromatic heterocycles. The molecule has 90 valence electrons. The van der Waals surface area contributed by atoms with E-state index in [2.05, 4.69) is 0 Å². The minimum Gasteiger partial charge on any atom is -0.166 e. The zero-order chi connectivity index (χ0) is 12.3. The van der Waals surface area contributed by atoms with Gasteiger partial charge in [0.15, 0.2) is 0 Å². The quantitative estimate of drug-likeness (QED) is 0.490. The summed E-state index contributed by atoms with van der Waals surface area (Å²) in [5.41, 5.74) is -0.411. The van der Waals surface area contributed by atoms with Gasteiger partial charge in [0, 0.05) is 5.57 Å². The summed E-state index contributed by atoms with van der Waals surface area (Å²) < 4.78 is 36.1. The van der Waals surface area contributed by atoms with Gasteiger partial charge in [-0.3, -0.25) is 0 Å². The van der Waals surface area contributed by atoms with Crippen LogP contribution in [0, 0.1) is 0 Å². The maximum absolute atomic E-state index is 12.0. The lowest BCUT2D eigenvalue weighted by Gasteiger charge is -2.07. The highest BCUT2D eigenvalue weighted by molar-refractivity contribution is 5.15. The highest BCUT2D eigenvalue weighted by atomic mass is 19.4. The summed E-state index contributed by atoms with van der Waals surface area (Å²) in [7, 11) is 0. The molecule has 0 nitrogen and oxygen atoms in total. The molecule has 0 saturated heterocycles. The van der Waals surface area contributed by atoms with Crippen LogP contribution in [0.3, 0.4) is 0 Å². The predicted molar refractivity (Wildman–Crippen MR) is 59.8 cm³/mol. The summed E-state index contributed by atoms with van der Waals surface area (Å²) in [4.78, 5) is 0. The smallest absolute Gasteiger partial charge is 0.166 e. The zero-order valence-electron chi connectivity index (χ0n) is 9.99. The van der Waals surface area contributed by atoms with Crippen molar-refractivity contribution in [2.75, 3.05) is 0 Å². The summed E-state index contributed by atoms with van der Waals surface area (Å²) in [6, 6.07) is 0. The predicted octanol–water partition coefficient (Wildman–Crippen LogP) is 5.27. The lowest BCUT2D eigenvalue weighted by Crippen LogP contribution is -2.10. The second-order valence-electron chi connectivity index (χ2n) is 2.48. The molecule has 0 saturated carbocycles. The molecule has 0 atom stereocenters. The minimum absolute atomic E-state index is 0.0312. The Kier molecular flexibility index (Phi) is 10.9. The molecule has 0 aromatic carbocycles. The molecule has 1 aliphatic rings. The molecule has 0 heterocycles. The normalized spacial score (nSPS) is 15.0. The van der Waals surface area contributed by atoms with Crippen LogP contribution in [-0.4, -0.2) is 6.18 Å². The number of alkyl halides is 3.